The van der Waals surface area contributed by atoms with Crippen LogP contribution in [0, 0.1) is 5.92 Å². The van der Waals surface area contributed by atoms with Crippen molar-refractivity contribution in [2.45, 2.75) is 18.9 Å². The van der Waals surface area contributed by atoms with Gasteiger partial charge in [0.15, 0.2) is 0 Å². The van der Waals surface area contributed by atoms with E-state index in [1.165, 1.54) is 32.5 Å². The molecule has 0 bridgehead atoms. The maximum absolute atomic E-state index is 3.50. The van der Waals surface area contributed by atoms with Gasteiger partial charge in [0, 0.05) is 12.6 Å². The third-order valence-electron chi connectivity index (χ3n) is 2.55. The summed E-state index contributed by atoms with van der Waals surface area (Å²) in [5.41, 5.74) is 0. The van der Waals surface area contributed by atoms with E-state index in [1.807, 2.05) is 0 Å². The maximum atomic E-state index is 3.50. The SMILES string of the molecule is C1C[C@@H]2CCN[C@H]2CN1. The molecule has 2 atom stereocenters. The van der Waals surface area contributed by atoms with Crippen molar-refractivity contribution in [3.05, 3.63) is 0 Å². The molecule has 2 heterocycles. The molecule has 9 heavy (non-hydrogen) atoms. The topological polar surface area (TPSA) is 24.1 Å². The van der Waals surface area contributed by atoms with Crippen LogP contribution in [0.3, 0.4) is 0 Å². The lowest BCUT2D eigenvalue weighted by Gasteiger charge is -2.25. The quantitative estimate of drug-likeness (QED) is 0.476. The van der Waals surface area contributed by atoms with E-state index >= 15 is 0 Å². The van der Waals surface area contributed by atoms with E-state index in [4.69, 9.17) is 0 Å². The summed E-state index contributed by atoms with van der Waals surface area (Å²) in [6.45, 7) is 3.69. The summed E-state index contributed by atoms with van der Waals surface area (Å²) in [4.78, 5) is 0. The standard InChI is InChI=1S/C7H14N2/c1-3-8-5-7-6(1)2-4-9-7/h6-9H,1-5H2/t6-,7+/m1/s1. The van der Waals surface area contributed by atoms with Crippen LogP contribution in [0.1, 0.15) is 12.8 Å². The second kappa shape index (κ2) is 2.27. The summed E-state index contributed by atoms with van der Waals surface area (Å²) < 4.78 is 0. The van der Waals surface area contributed by atoms with Crippen molar-refractivity contribution >= 4 is 0 Å². The van der Waals surface area contributed by atoms with Crippen LogP contribution in [0.25, 0.3) is 0 Å². The van der Waals surface area contributed by atoms with Crippen LogP contribution in [-0.2, 0) is 0 Å². The van der Waals surface area contributed by atoms with Crippen molar-refractivity contribution in [3.63, 3.8) is 0 Å². The van der Waals surface area contributed by atoms with Crippen molar-refractivity contribution in [2.75, 3.05) is 19.6 Å². The monoisotopic (exact) mass is 126 g/mol. The van der Waals surface area contributed by atoms with Crippen molar-refractivity contribution in [1.82, 2.24) is 10.6 Å². The molecule has 2 fully saturated rings. The fourth-order valence-corrected chi connectivity index (χ4v) is 1.95. The number of rotatable bonds is 0. The Balaban J connectivity index is 1.97. The lowest BCUT2D eigenvalue weighted by Crippen LogP contribution is -2.43. The molecule has 2 rings (SSSR count). The highest BCUT2D eigenvalue weighted by molar-refractivity contribution is 4.88. The van der Waals surface area contributed by atoms with Gasteiger partial charge in [0.1, 0.15) is 0 Å². The smallest absolute Gasteiger partial charge is 0.0221 e. The molecule has 2 N–H and O–H groups in total. The average Bonchev–Trinajstić information content (AvgIpc) is 2.33. The first-order chi connectivity index (χ1) is 4.47. The van der Waals surface area contributed by atoms with E-state index in [0.717, 1.165) is 12.0 Å². The first kappa shape index (κ1) is 5.69. The zero-order valence-corrected chi connectivity index (χ0v) is 5.69. The molecule has 0 saturated carbocycles. The predicted octanol–water partition coefficient (Wildman–Crippen LogP) is -0.0422. The van der Waals surface area contributed by atoms with Crippen molar-refractivity contribution in [2.24, 2.45) is 5.92 Å². The Bertz CT molecular complexity index is 91.1. The van der Waals surface area contributed by atoms with Gasteiger partial charge in [0.25, 0.3) is 0 Å². The van der Waals surface area contributed by atoms with Gasteiger partial charge >= 0.3 is 0 Å². The Morgan fingerprint density at radius 3 is 2.89 bits per heavy atom. The van der Waals surface area contributed by atoms with Crippen LogP contribution >= 0.6 is 0 Å². The Morgan fingerprint density at radius 1 is 1.11 bits per heavy atom. The number of nitrogens with one attached hydrogen (secondary N) is 2. The molecule has 0 unspecified atom stereocenters. The molecule has 2 aliphatic rings. The van der Waals surface area contributed by atoms with Crippen LogP contribution in [0.5, 0.6) is 0 Å². The maximum Gasteiger partial charge on any atom is 0.0221 e. The molecule has 2 heteroatoms. The predicted molar refractivity (Wildman–Crippen MR) is 37.4 cm³/mol. The van der Waals surface area contributed by atoms with Gasteiger partial charge in [-0.15, -0.1) is 0 Å². The van der Waals surface area contributed by atoms with Gasteiger partial charge in [-0.1, -0.05) is 0 Å². The summed E-state index contributed by atoms with van der Waals surface area (Å²) in [5, 5.41) is 6.89. The lowest BCUT2D eigenvalue weighted by molar-refractivity contribution is 0.343. The van der Waals surface area contributed by atoms with Crippen LogP contribution in [0.15, 0.2) is 0 Å². The summed E-state index contributed by atoms with van der Waals surface area (Å²) in [6.07, 6.45) is 2.80. The molecule has 2 nitrogen and oxygen atoms in total. The molecule has 2 saturated heterocycles. The summed E-state index contributed by atoms with van der Waals surface area (Å²) in [5.74, 6) is 0.992. The number of hydrogen-bond acceptors (Lipinski definition) is 2. The van der Waals surface area contributed by atoms with Crippen LogP contribution in [-0.4, -0.2) is 25.7 Å². The van der Waals surface area contributed by atoms with Gasteiger partial charge in [0.2, 0.25) is 0 Å². The van der Waals surface area contributed by atoms with Gasteiger partial charge in [-0.05, 0) is 31.8 Å². The first-order valence-corrected chi connectivity index (χ1v) is 3.91. The van der Waals surface area contributed by atoms with Gasteiger partial charge in [-0.25, -0.2) is 0 Å². The molecule has 0 aromatic rings. The highest BCUT2D eigenvalue weighted by Crippen LogP contribution is 2.20. The molecule has 0 aromatic carbocycles. The summed E-state index contributed by atoms with van der Waals surface area (Å²) >= 11 is 0. The minimum atomic E-state index is 0.804. The van der Waals surface area contributed by atoms with Gasteiger partial charge in [0.05, 0.1) is 0 Å². The first-order valence-electron chi connectivity index (χ1n) is 3.91. The normalized spacial score (nSPS) is 42.7. The second-order valence-electron chi connectivity index (χ2n) is 3.10. The third kappa shape index (κ3) is 0.970. The Kier molecular flexibility index (Phi) is 1.44. The average molecular weight is 126 g/mol. The molecule has 0 radical (unpaired) electrons. The van der Waals surface area contributed by atoms with Gasteiger partial charge < -0.3 is 10.6 Å². The summed E-state index contributed by atoms with van der Waals surface area (Å²) in [6, 6.07) is 0.804. The number of fused-ring (bicyclic) bond motifs is 1. The van der Waals surface area contributed by atoms with Crippen molar-refractivity contribution < 1.29 is 0 Å². The lowest BCUT2D eigenvalue weighted by atomic mass is 9.94. The van der Waals surface area contributed by atoms with E-state index in [9.17, 15) is 0 Å². The molecule has 0 aliphatic carbocycles. The highest BCUT2D eigenvalue weighted by atomic mass is 15.0. The van der Waals surface area contributed by atoms with Crippen LogP contribution < -0.4 is 10.6 Å². The molecule has 2 aliphatic heterocycles. The third-order valence-corrected chi connectivity index (χ3v) is 2.55. The highest BCUT2D eigenvalue weighted by Gasteiger charge is 2.28. The number of hydrogen-bond donors (Lipinski definition) is 2. The fourth-order valence-electron chi connectivity index (χ4n) is 1.95. The van der Waals surface area contributed by atoms with Crippen molar-refractivity contribution in [3.8, 4) is 0 Å². The minimum absolute atomic E-state index is 0.804. The van der Waals surface area contributed by atoms with Crippen molar-refractivity contribution in [1.29, 1.82) is 0 Å². The fraction of sp³-hybridized carbons (Fsp3) is 1.00. The zero-order valence-electron chi connectivity index (χ0n) is 5.69. The Morgan fingerprint density at radius 2 is 2.00 bits per heavy atom. The number of piperidine rings is 1. The van der Waals surface area contributed by atoms with E-state index in [0.29, 0.717) is 0 Å². The zero-order chi connectivity index (χ0) is 6.10. The largest absolute Gasteiger partial charge is 0.315 e. The van der Waals surface area contributed by atoms with E-state index in [1.54, 1.807) is 0 Å². The summed E-state index contributed by atoms with van der Waals surface area (Å²) in [7, 11) is 0. The molecule has 0 spiro atoms. The Labute approximate surface area is 56.0 Å². The minimum Gasteiger partial charge on any atom is -0.315 e. The molecule has 52 valence electrons. The van der Waals surface area contributed by atoms with Crippen LogP contribution in [0.2, 0.25) is 0 Å². The molecular weight excluding hydrogens is 112 g/mol. The van der Waals surface area contributed by atoms with E-state index in [2.05, 4.69) is 10.6 Å². The van der Waals surface area contributed by atoms with E-state index in [-0.39, 0.29) is 0 Å². The molecule has 0 aromatic heterocycles. The second-order valence-corrected chi connectivity index (χ2v) is 3.10. The Hall–Kier alpha value is -0.0800. The molecule has 0 amide bonds. The van der Waals surface area contributed by atoms with Gasteiger partial charge in [-0.3, -0.25) is 0 Å². The van der Waals surface area contributed by atoms with E-state index < -0.39 is 0 Å². The van der Waals surface area contributed by atoms with Gasteiger partial charge in [-0.2, -0.15) is 0 Å². The van der Waals surface area contributed by atoms with Crippen LogP contribution in [0.4, 0.5) is 0 Å². The molecular formula is C7H14N2.